The van der Waals surface area contributed by atoms with E-state index in [0.29, 0.717) is 0 Å². The molecule has 2 atom stereocenters. The van der Waals surface area contributed by atoms with Crippen molar-refractivity contribution in [2.45, 2.75) is 12.2 Å². The molecular weight excluding hydrogens is 140 g/mol. The minimum absolute atomic E-state index is 0.254. The van der Waals surface area contributed by atoms with Crippen molar-refractivity contribution < 1.29 is 25.5 Å². The Morgan fingerprint density at radius 2 is 1.90 bits per heavy atom. The summed E-state index contributed by atoms with van der Waals surface area (Å²) in [5, 5.41) is 42.1. The van der Waals surface area contributed by atoms with E-state index in [1.165, 1.54) is 0 Å². The van der Waals surface area contributed by atoms with Crippen LogP contribution in [0.2, 0.25) is 0 Å². The molecule has 5 N–H and O–H groups in total. The summed E-state index contributed by atoms with van der Waals surface area (Å²) in [7, 11) is 0. The van der Waals surface area contributed by atoms with Gasteiger partial charge in [0.1, 0.15) is 18.5 Å². The highest BCUT2D eigenvalue weighted by Gasteiger charge is 2.18. The molecule has 0 rings (SSSR count). The average molecular weight is 150 g/mol. The lowest BCUT2D eigenvalue weighted by Crippen LogP contribution is -2.30. The molecule has 5 nitrogen and oxygen atoms in total. The summed E-state index contributed by atoms with van der Waals surface area (Å²) in [6.45, 7) is -0.681. The van der Waals surface area contributed by atoms with Crippen molar-refractivity contribution in [3.63, 3.8) is 0 Å². The van der Waals surface area contributed by atoms with Crippen LogP contribution in [-0.2, 0) is 0 Å². The minimum Gasteiger partial charge on any atom is -0.512 e. The van der Waals surface area contributed by atoms with E-state index in [0.717, 1.165) is 0 Å². The Bertz CT molecular complexity index is 121. The van der Waals surface area contributed by atoms with Crippen LogP contribution in [0.1, 0.15) is 0 Å². The summed E-state index contributed by atoms with van der Waals surface area (Å²) >= 11 is 0. The number of hydrogen-bond donors (Lipinski definition) is 5. The van der Waals surface area contributed by atoms with Crippen molar-refractivity contribution in [1.29, 1.82) is 0 Å². The summed E-state index contributed by atoms with van der Waals surface area (Å²) in [6, 6.07) is 0. The molecule has 0 aromatic rings. The van der Waals surface area contributed by atoms with Crippen molar-refractivity contribution in [1.82, 2.24) is 0 Å². The lowest BCUT2D eigenvalue weighted by atomic mass is 10.2. The van der Waals surface area contributed by atoms with Crippen molar-refractivity contribution in [2.24, 2.45) is 0 Å². The van der Waals surface area contributed by atoms with Crippen LogP contribution in [0.5, 0.6) is 0 Å². The maximum atomic E-state index is 8.70. The molecule has 0 saturated heterocycles. The fraction of sp³-hybridized carbons (Fsp3) is 0.600. The molecule has 0 saturated carbocycles. The first-order valence-electron chi connectivity index (χ1n) is 2.63. The quantitative estimate of drug-likeness (QED) is 0.320. The highest BCUT2D eigenvalue weighted by molar-refractivity contribution is 4.95. The zero-order valence-electron chi connectivity index (χ0n) is 5.18. The SMILES string of the molecule is OC=C(O)C(O)C(O)CO. The normalized spacial score (nSPS) is 18.5. The molecule has 2 unspecified atom stereocenters. The first-order chi connectivity index (χ1) is 4.63. The van der Waals surface area contributed by atoms with Gasteiger partial charge in [-0.05, 0) is 0 Å². The second-order valence-electron chi connectivity index (χ2n) is 1.75. The maximum absolute atomic E-state index is 8.70. The largest absolute Gasteiger partial charge is 0.512 e. The molecule has 60 valence electrons. The first kappa shape index (κ1) is 9.22. The molecular formula is C5H10O5. The number of hydrogen-bond acceptors (Lipinski definition) is 5. The van der Waals surface area contributed by atoms with Gasteiger partial charge in [0.25, 0.3) is 0 Å². The van der Waals surface area contributed by atoms with Gasteiger partial charge >= 0.3 is 0 Å². The Balaban J connectivity index is 3.94. The number of aliphatic hydroxyl groups excluding tert-OH is 5. The Morgan fingerprint density at radius 3 is 2.20 bits per heavy atom. The Kier molecular flexibility index (Phi) is 3.78. The van der Waals surface area contributed by atoms with Crippen molar-refractivity contribution in [3.05, 3.63) is 12.0 Å². The highest BCUT2D eigenvalue weighted by atomic mass is 16.4. The predicted molar refractivity (Wildman–Crippen MR) is 32.4 cm³/mol. The second kappa shape index (κ2) is 4.10. The van der Waals surface area contributed by atoms with E-state index in [-0.39, 0.29) is 6.26 Å². The van der Waals surface area contributed by atoms with Crippen LogP contribution in [0.15, 0.2) is 12.0 Å². The third-order valence-electron chi connectivity index (χ3n) is 0.987. The predicted octanol–water partition coefficient (Wildman–Crippen LogP) is -1.34. The van der Waals surface area contributed by atoms with Gasteiger partial charge in [-0.2, -0.15) is 0 Å². The highest BCUT2D eigenvalue weighted by Crippen LogP contribution is 2.01. The van der Waals surface area contributed by atoms with Gasteiger partial charge in [-0.15, -0.1) is 0 Å². The van der Waals surface area contributed by atoms with Crippen molar-refractivity contribution >= 4 is 0 Å². The molecule has 0 aromatic carbocycles. The smallest absolute Gasteiger partial charge is 0.158 e. The van der Waals surface area contributed by atoms with E-state index in [2.05, 4.69) is 0 Å². The molecule has 0 heterocycles. The van der Waals surface area contributed by atoms with Gasteiger partial charge in [-0.3, -0.25) is 0 Å². The Morgan fingerprint density at radius 1 is 1.40 bits per heavy atom. The van der Waals surface area contributed by atoms with Gasteiger partial charge in [0.2, 0.25) is 0 Å². The molecule has 0 radical (unpaired) electrons. The molecule has 0 aliphatic carbocycles. The van der Waals surface area contributed by atoms with Gasteiger partial charge in [-0.1, -0.05) is 0 Å². The van der Waals surface area contributed by atoms with Crippen LogP contribution in [0.3, 0.4) is 0 Å². The van der Waals surface area contributed by atoms with Crippen molar-refractivity contribution in [2.75, 3.05) is 6.61 Å². The third kappa shape index (κ3) is 2.22. The summed E-state index contributed by atoms with van der Waals surface area (Å²) < 4.78 is 0. The average Bonchev–Trinajstić information content (AvgIpc) is 2.00. The van der Waals surface area contributed by atoms with Gasteiger partial charge in [-0.25, -0.2) is 0 Å². The van der Waals surface area contributed by atoms with E-state index in [4.69, 9.17) is 25.5 Å². The molecule has 0 spiro atoms. The monoisotopic (exact) mass is 150 g/mol. The molecule has 0 aromatic heterocycles. The standard InChI is InChI=1S/C5H10O5/c6-1-3(8)5(10)4(9)2-7/h1,4-10H,2H2. The Labute approximate surface area is 57.5 Å². The van der Waals surface area contributed by atoms with E-state index in [1.807, 2.05) is 0 Å². The second-order valence-corrected chi connectivity index (χ2v) is 1.75. The Hall–Kier alpha value is -0.780. The van der Waals surface area contributed by atoms with Crippen LogP contribution in [-0.4, -0.2) is 44.3 Å². The molecule has 10 heavy (non-hydrogen) atoms. The molecule has 0 amide bonds. The van der Waals surface area contributed by atoms with Crippen molar-refractivity contribution in [3.8, 4) is 0 Å². The topological polar surface area (TPSA) is 101 Å². The number of rotatable bonds is 3. The molecule has 0 fully saturated rings. The van der Waals surface area contributed by atoms with Crippen LogP contribution in [0.4, 0.5) is 0 Å². The lowest BCUT2D eigenvalue weighted by molar-refractivity contribution is -0.0151. The van der Waals surface area contributed by atoms with Crippen LogP contribution in [0.25, 0.3) is 0 Å². The lowest BCUT2D eigenvalue weighted by Gasteiger charge is -2.12. The van der Waals surface area contributed by atoms with Crippen LogP contribution in [0, 0.1) is 0 Å². The summed E-state index contributed by atoms with van der Waals surface area (Å²) in [4.78, 5) is 0. The fourth-order valence-electron chi connectivity index (χ4n) is 0.373. The summed E-state index contributed by atoms with van der Waals surface area (Å²) in [5.41, 5.74) is 0. The summed E-state index contributed by atoms with van der Waals surface area (Å²) in [5.74, 6) is -0.776. The minimum atomic E-state index is -1.63. The summed E-state index contributed by atoms with van der Waals surface area (Å²) in [6.07, 6.45) is -2.85. The first-order valence-corrected chi connectivity index (χ1v) is 2.63. The molecule has 0 aliphatic heterocycles. The number of aliphatic hydroxyl groups is 5. The van der Waals surface area contributed by atoms with Gasteiger partial charge < -0.3 is 25.5 Å². The third-order valence-corrected chi connectivity index (χ3v) is 0.987. The van der Waals surface area contributed by atoms with E-state index in [9.17, 15) is 0 Å². The molecule has 0 bridgehead atoms. The maximum Gasteiger partial charge on any atom is 0.158 e. The van der Waals surface area contributed by atoms with Gasteiger partial charge in [0.05, 0.1) is 6.61 Å². The zero-order chi connectivity index (χ0) is 8.15. The van der Waals surface area contributed by atoms with Crippen LogP contribution < -0.4 is 0 Å². The van der Waals surface area contributed by atoms with E-state index in [1.54, 1.807) is 0 Å². The fourth-order valence-corrected chi connectivity index (χ4v) is 0.373. The van der Waals surface area contributed by atoms with E-state index >= 15 is 0 Å². The van der Waals surface area contributed by atoms with Gasteiger partial charge in [0.15, 0.2) is 5.76 Å². The van der Waals surface area contributed by atoms with E-state index < -0.39 is 24.6 Å². The van der Waals surface area contributed by atoms with Gasteiger partial charge in [0, 0.05) is 0 Å². The molecule has 0 aliphatic rings. The van der Waals surface area contributed by atoms with Crippen LogP contribution >= 0.6 is 0 Å². The zero-order valence-corrected chi connectivity index (χ0v) is 5.18. The molecule has 5 heteroatoms.